The molecule has 1 aromatic carbocycles. The third-order valence-electron chi connectivity index (χ3n) is 3.55. The first-order valence-corrected chi connectivity index (χ1v) is 7.15. The van der Waals surface area contributed by atoms with Crippen LogP contribution < -0.4 is 0 Å². The molecule has 0 amide bonds. The molecule has 1 aromatic rings. The molecular formula is C16H22N2O. The Hall–Kier alpha value is -1.37. The number of rotatable bonds is 5. The summed E-state index contributed by atoms with van der Waals surface area (Å²) in [5, 5.41) is 9.12. The smallest absolute Gasteiger partial charge is 0.0995 e. The van der Waals surface area contributed by atoms with Crippen molar-refractivity contribution in [3.63, 3.8) is 0 Å². The topological polar surface area (TPSA) is 36.3 Å². The zero-order valence-electron chi connectivity index (χ0n) is 11.6. The molecule has 0 spiro atoms. The molecule has 0 aliphatic carbocycles. The van der Waals surface area contributed by atoms with Gasteiger partial charge in [0.05, 0.1) is 17.7 Å². The van der Waals surface area contributed by atoms with Gasteiger partial charge < -0.3 is 4.74 Å². The van der Waals surface area contributed by atoms with E-state index < -0.39 is 0 Å². The first kappa shape index (κ1) is 14.0. The van der Waals surface area contributed by atoms with Crippen LogP contribution in [0, 0.1) is 11.3 Å². The van der Waals surface area contributed by atoms with E-state index in [1.54, 1.807) is 0 Å². The second-order valence-electron chi connectivity index (χ2n) is 5.14. The molecule has 0 N–H and O–H groups in total. The minimum Gasteiger partial charge on any atom is -0.377 e. The highest BCUT2D eigenvalue weighted by molar-refractivity contribution is 5.37. The first-order chi connectivity index (χ1) is 9.33. The third kappa shape index (κ3) is 4.05. The summed E-state index contributed by atoms with van der Waals surface area (Å²) in [4.78, 5) is 2.40. The molecule has 0 saturated carbocycles. The van der Waals surface area contributed by atoms with E-state index in [2.05, 4.69) is 24.0 Å². The number of likely N-dealkylation sites (tertiary alicyclic amines) is 1. The van der Waals surface area contributed by atoms with Crippen LogP contribution in [0.5, 0.6) is 0 Å². The molecule has 1 fully saturated rings. The second kappa shape index (κ2) is 7.28. The van der Waals surface area contributed by atoms with Crippen LogP contribution in [0.15, 0.2) is 24.3 Å². The summed E-state index contributed by atoms with van der Waals surface area (Å²) in [6.45, 7) is 5.94. The zero-order valence-corrected chi connectivity index (χ0v) is 11.6. The van der Waals surface area contributed by atoms with Crippen LogP contribution in [-0.2, 0) is 11.3 Å². The lowest BCUT2D eigenvalue weighted by molar-refractivity contribution is -0.00224. The van der Waals surface area contributed by atoms with Crippen LogP contribution in [0.25, 0.3) is 0 Å². The highest BCUT2D eigenvalue weighted by atomic mass is 16.5. The van der Waals surface area contributed by atoms with Crippen molar-refractivity contribution in [1.82, 2.24) is 4.90 Å². The normalized spacial score (nSPS) is 20.1. The standard InChI is InChI=1S/C16H22N2O/c1-2-10-19-16-8-5-9-18(13-16)12-15-7-4-3-6-14(15)11-17/h3-4,6-7,16H,2,5,8-10,12-13H2,1H3. The third-order valence-corrected chi connectivity index (χ3v) is 3.55. The van der Waals surface area contributed by atoms with Gasteiger partial charge in [-0.3, -0.25) is 4.90 Å². The highest BCUT2D eigenvalue weighted by Crippen LogP contribution is 2.17. The van der Waals surface area contributed by atoms with E-state index in [4.69, 9.17) is 10.00 Å². The van der Waals surface area contributed by atoms with E-state index in [9.17, 15) is 0 Å². The zero-order chi connectivity index (χ0) is 13.5. The Balaban J connectivity index is 1.93. The van der Waals surface area contributed by atoms with Crippen molar-refractivity contribution < 1.29 is 4.74 Å². The number of piperidine rings is 1. The molecule has 3 nitrogen and oxygen atoms in total. The van der Waals surface area contributed by atoms with Crippen LogP contribution in [0.3, 0.4) is 0 Å². The fraction of sp³-hybridized carbons (Fsp3) is 0.562. The minimum absolute atomic E-state index is 0.364. The van der Waals surface area contributed by atoms with Gasteiger partial charge in [0.1, 0.15) is 0 Å². The van der Waals surface area contributed by atoms with Crippen LogP contribution in [0.2, 0.25) is 0 Å². The molecule has 0 aromatic heterocycles. The Morgan fingerprint density at radius 2 is 2.26 bits per heavy atom. The van der Waals surface area contributed by atoms with Gasteiger partial charge in [-0.15, -0.1) is 0 Å². The van der Waals surface area contributed by atoms with E-state index >= 15 is 0 Å². The maximum atomic E-state index is 9.12. The van der Waals surface area contributed by atoms with Crippen LogP contribution in [0.4, 0.5) is 0 Å². The highest BCUT2D eigenvalue weighted by Gasteiger charge is 2.20. The van der Waals surface area contributed by atoms with Gasteiger partial charge in [0.2, 0.25) is 0 Å². The van der Waals surface area contributed by atoms with E-state index in [0.717, 1.165) is 50.2 Å². The average Bonchev–Trinajstić information content (AvgIpc) is 2.46. The summed E-state index contributed by atoms with van der Waals surface area (Å²) in [5.41, 5.74) is 1.92. The van der Waals surface area contributed by atoms with Gasteiger partial charge in [0.15, 0.2) is 0 Å². The van der Waals surface area contributed by atoms with Gasteiger partial charge in [-0.2, -0.15) is 5.26 Å². The van der Waals surface area contributed by atoms with Gasteiger partial charge in [-0.25, -0.2) is 0 Å². The summed E-state index contributed by atoms with van der Waals surface area (Å²) >= 11 is 0. The Bertz CT molecular complexity index is 439. The van der Waals surface area contributed by atoms with Crippen LogP contribution >= 0.6 is 0 Å². The monoisotopic (exact) mass is 258 g/mol. The number of benzene rings is 1. The number of hydrogen-bond donors (Lipinski definition) is 0. The molecule has 0 bridgehead atoms. The number of hydrogen-bond acceptors (Lipinski definition) is 3. The molecule has 1 saturated heterocycles. The first-order valence-electron chi connectivity index (χ1n) is 7.15. The summed E-state index contributed by atoms with van der Waals surface area (Å²) in [5.74, 6) is 0. The number of nitriles is 1. The summed E-state index contributed by atoms with van der Waals surface area (Å²) in [6.07, 6.45) is 3.79. The summed E-state index contributed by atoms with van der Waals surface area (Å²) < 4.78 is 5.85. The van der Waals surface area contributed by atoms with E-state index in [0.29, 0.717) is 6.10 Å². The van der Waals surface area contributed by atoms with Gasteiger partial charge >= 0.3 is 0 Å². The molecule has 3 heteroatoms. The van der Waals surface area contributed by atoms with Crippen LogP contribution in [0.1, 0.15) is 37.3 Å². The van der Waals surface area contributed by atoms with Crippen molar-refractivity contribution in [3.05, 3.63) is 35.4 Å². The molecule has 2 rings (SSSR count). The van der Waals surface area contributed by atoms with E-state index in [-0.39, 0.29) is 0 Å². The Labute approximate surface area is 115 Å². The molecule has 1 atom stereocenters. The number of nitrogens with zero attached hydrogens (tertiary/aromatic N) is 2. The lowest BCUT2D eigenvalue weighted by Crippen LogP contribution is -2.39. The molecule has 102 valence electrons. The van der Waals surface area contributed by atoms with Crippen molar-refractivity contribution in [1.29, 1.82) is 5.26 Å². The van der Waals surface area contributed by atoms with Gasteiger partial charge in [-0.1, -0.05) is 25.1 Å². The lowest BCUT2D eigenvalue weighted by atomic mass is 10.0. The van der Waals surface area contributed by atoms with Gasteiger partial charge in [-0.05, 0) is 37.4 Å². The Kier molecular flexibility index (Phi) is 5.38. The lowest BCUT2D eigenvalue weighted by Gasteiger charge is -2.32. The van der Waals surface area contributed by atoms with Crippen molar-refractivity contribution in [2.45, 2.75) is 38.8 Å². The molecule has 0 radical (unpaired) electrons. The van der Waals surface area contributed by atoms with Crippen molar-refractivity contribution in [2.24, 2.45) is 0 Å². The molecule has 1 aliphatic heterocycles. The summed E-state index contributed by atoms with van der Waals surface area (Å²) in [6, 6.07) is 10.1. The Morgan fingerprint density at radius 3 is 3.05 bits per heavy atom. The number of ether oxygens (including phenoxy) is 1. The maximum Gasteiger partial charge on any atom is 0.0995 e. The predicted octanol–water partition coefficient (Wildman–Crippen LogP) is 2.95. The molecule has 1 unspecified atom stereocenters. The van der Waals surface area contributed by atoms with Crippen molar-refractivity contribution in [3.8, 4) is 6.07 Å². The Morgan fingerprint density at radius 1 is 1.42 bits per heavy atom. The second-order valence-corrected chi connectivity index (χ2v) is 5.14. The average molecular weight is 258 g/mol. The predicted molar refractivity (Wildman–Crippen MR) is 75.7 cm³/mol. The molecule has 1 aliphatic rings. The van der Waals surface area contributed by atoms with Crippen molar-refractivity contribution in [2.75, 3.05) is 19.7 Å². The maximum absolute atomic E-state index is 9.12. The SMILES string of the molecule is CCCOC1CCCN(Cc2ccccc2C#N)C1. The van der Waals surface area contributed by atoms with Gasteiger partial charge in [0, 0.05) is 19.7 Å². The molecular weight excluding hydrogens is 236 g/mol. The molecule has 1 heterocycles. The molecule has 19 heavy (non-hydrogen) atoms. The quantitative estimate of drug-likeness (QED) is 0.814. The van der Waals surface area contributed by atoms with E-state index in [1.165, 1.54) is 6.42 Å². The van der Waals surface area contributed by atoms with E-state index in [1.807, 2.05) is 18.2 Å². The van der Waals surface area contributed by atoms with Gasteiger partial charge in [0.25, 0.3) is 0 Å². The summed E-state index contributed by atoms with van der Waals surface area (Å²) in [7, 11) is 0. The minimum atomic E-state index is 0.364. The van der Waals surface area contributed by atoms with Crippen LogP contribution in [-0.4, -0.2) is 30.7 Å². The largest absolute Gasteiger partial charge is 0.377 e. The fourth-order valence-electron chi connectivity index (χ4n) is 2.59. The van der Waals surface area contributed by atoms with Crippen molar-refractivity contribution >= 4 is 0 Å². The fourth-order valence-corrected chi connectivity index (χ4v) is 2.59.